The molecule has 14 heavy (non-hydrogen) atoms. The molecule has 0 unspecified atom stereocenters. The molecule has 0 aromatic rings. The Bertz CT molecular complexity index is 241. The smallest absolute Gasteiger partial charge is 0.421 e. The fourth-order valence-corrected chi connectivity index (χ4v) is 1.58. The molecule has 1 fully saturated rings. The van der Waals surface area contributed by atoms with Gasteiger partial charge in [-0.2, -0.15) is 5.26 Å². The van der Waals surface area contributed by atoms with Gasteiger partial charge in [-0.15, -0.1) is 0 Å². The van der Waals surface area contributed by atoms with E-state index >= 15 is 0 Å². The molecule has 0 radical (unpaired) electrons. The number of amides is 1. The second kappa shape index (κ2) is 4.82. The summed E-state index contributed by atoms with van der Waals surface area (Å²) in [6.07, 6.45) is 3.05. The Kier molecular flexibility index (Phi) is 3.72. The third-order valence-electron chi connectivity index (χ3n) is 2.35. The zero-order valence-electron chi connectivity index (χ0n) is 8.30. The van der Waals surface area contributed by atoms with E-state index in [4.69, 9.17) is 5.26 Å². The van der Waals surface area contributed by atoms with Crippen LogP contribution in [0.5, 0.6) is 0 Å². The lowest BCUT2D eigenvalue weighted by molar-refractivity contribution is 0.142. The monoisotopic (exact) mass is 197 g/mol. The van der Waals surface area contributed by atoms with Crippen LogP contribution < -0.4 is 10.9 Å². The van der Waals surface area contributed by atoms with E-state index in [1.165, 1.54) is 0 Å². The largest absolute Gasteiger partial charge is 0.449 e. The summed E-state index contributed by atoms with van der Waals surface area (Å²) >= 11 is 0. The first-order chi connectivity index (χ1) is 6.72. The number of ether oxygens (including phenoxy) is 1. The van der Waals surface area contributed by atoms with Crippen LogP contribution in [-0.4, -0.2) is 18.2 Å². The summed E-state index contributed by atoms with van der Waals surface area (Å²) in [5.74, 6) is 0. The predicted molar refractivity (Wildman–Crippen MR) is 50.1 cm³/mol. The van der Waals surface area contributed by atoms with Crippen molar-refractivity contribution in [2.24, 2.45) is 0 Å². The molecule has 2 N–H and O–H groups in total. The highest BCUT2D eigenvalue weighted by Gasteiger charge is 2.34. The van der Waals surface area contributed by atoms with Crippen molar-refractivity contribution in [2.45, 2.75) is 38.1 Å². The number of hydrogen-bond acceptors (Lipinski definition) is 4. The quantitative estimate of drug-likeness (QED) is 0.664. The molecule has 0 aromatic heterocycles. The fraction of sp³-hybridized carbons (Fsp3) is 0.778. The van der Waals surface area contributed by atoms with Crippen LogP contribution in [0.3, 0.4) is 0 Å². The Balaban J connectivity index is 2.35. The molecular weight excluding hydrogens is 182 g/mol. The number of carbonyl (C=O) groups is 1. The van der Waals surface area contributed by atoms with Gasteiger partial charge >= 0.3 is 6.09 Å². The van der Waals surface area contributed by atoms with Crippen LogP contribution in [-0.2, 0) is 4.74 Å². The minimum absolute atomic E-state index is 0.326. The summed E-state index contributed by atoms with van der Waals surface area (Å²) in [7, 11) is 0. The highest BCUT2D eigenvalue weighted by atomic mass is 16.5. The summed E-state index contributed by atoms with van der Waals surface area (Å²) in [5, 5.41) is 8.95. The standard InChI is InChI=1S/C9H15N3O2/c1-2-14-8(13)11-12-9(7-10)5-3-4-6-9/h12H,2-6H2,1H3,(H,11,13). The van der Waals surface area contributed by atoms with Gasteiger partial charge in [0.05, 0.1) is 12.7 Å². The van der Waals surface area contributed by atoms with Gasteiger partial charge < -0.3 is 4.74 Å². The number of nitriles is 1. The van der Waals surface area contributed by atoms with Gasteiger partial charge in [-0.25, -0.2) is 10.2 Å². The number of nitrogens with zero attached hydrogens (tertiary/aromatic N) is 1. The first kappa shape index (κ1) is 10.8. The van der Waals surface area contributed by atoms with Gasteiger partial charge in [0.2, 0.25) is 0 Å². The molecule has 0 spiro atoms. The van der Waals surface area contributed by atoms with Crippen LogP contribution in [0.4, 0.5) is 4.79 Å². The first-order valence-electron chi connectivity index (χ1n) is 4.83. The van der Waals surface area contributed by atoms with Gasteiger partial charge in [-0.1, -0.05) is 12.8 Å². The Morgan fingerprint density at radius 1 is 1.57 bits per heavy atom. The molecule has 0 aliphatic heterocycles. The lowest BCUT2D eigenvalue weighted by atomic mass is 10.0. The highest BCUT2D eigenvalue weighted by Crippen LogP contribution is 2.28. The third-order valence-corrected chi connectivity index (χ3v) is 2.35. The average molecular weight is 197 g/mol. The molecular formula is C9H15N3O2. The molecule has 1 aliphatic carbocycles. The Morgan fingerprint density at radius 2 is 2.21 bits per heavy atom. The molecule has 0 aromatic carbocycles. The van der Waals surface area contributed by atoms with Crippen molar-refractivity contribution < 1.29 is 9.53 Å². The van der Waals surface area contributed by atoms with Crippen molar-refractivity contribution in [3.63, 3.8) is 0 Å². The van der Waals surface area contributed by atoms with Crippen molar-refractivity contribution in [3.8, 4) is 6.07 Å². The van der Waals surface area contributed by atoms with E-state index in [0.29, 0.717) is 6.61 Å². The number of carbonyl (C=O) groups excluding carboxylic acids is 1. The van der Waals surface area contributed by atoms with Crippen LogP contribution >= 0.6 is 0 Å². The van der Waals surface area contributed by atoms with E-state index < -0.39 is 11.6 Å². The van der Waals surface area contributed by atoms with Gasteiger partial charge in [-0.05, 0) is 19.8 Å². The Morgan fingerprint density at radius 3 is 2.71 bits per heavy atom. The topological polar surface area (TPSA) is 74.2 Å². The average Bonchev–Trinajstić information content (AvgIpc) is 2.65. The summed E-state index contributed by atoms with van der Waals surface area (Å²) in [5.41, 5.74) is 4.54. The maximum Gasteiger partial charge on any atom is 0.421 e. The second-order valence-corrected chi connectivity index (χ2v) is 3.37. The molecule has 5 nitrogen and oxygen atoms in total. The van der Waals surface area contributed by atoms with Crippen LogP contribution in [0.25, 0.3) is 0 Å². The zero-order valence-corrected chi connectivity index (χ0v) is 8.30. The third kappa shape index (κ3) is 2.60. The van der Waals surface area contributed by atoms with E-state index in [0.717, 1.165) is 25.7 Å². The van der Waals surface area contributed by atoms with E-state index in [9.17, 15) is 4.79 Å². The maximum absolute atomic E-state index is 11.0. The lowest BCUT2D eigenvalue weighted by Crippen LogP contribution is -2.52. The van der Waals surface area contributed by atoms with Crippen molar-refractivity contribution in [2.75, 3.05) is 6.61 Å². The summed E-state index contributed by atoms with van der Waals surface area (Å²) in [6, 6.07) is 2.19. The molecule has 1 aliphatic rings. The number of nitrogens with one attached hydrogen (secondary N) is 2. The van der Waals surface area contributed by atoms with Crippen molar-refractivity contribution in [3.05, 3.63) is 0 Å². The Labute approximate surface area is 83.4 Å². The molecule has 0 heterocycles. The van der Waals surface area contributed by atoms with Gasteiger partial charge in [0.1, 0.15) is 5.54 Å². The predicted octanol–water partition coefficient (Wildman–Crippen LogP) is 1.07. The highest BCUT2D eigenvalue weighted by molar-refractivity contribution is 5.66. The number of hydrogen-bond donors (Lipinski definition) is 2. The minimum Gasteiger partial charge on any atom is -0.449 e. The van der Waals surface area contributed by atoms with Crippen molar-refractivity contribution in [1.29, 1.82) is 5.26 Å². The summed E-state index contributed by atoms with van der Waals surface area (Å²) in [6.45, 7) is 2.06. The van der Waals surface area contributed by atoms with E-state index in [1.807, 2.05) is 0 Å². The number of rotatable bonds is 3. The van der Waals surface area contributed by atoms with Crippen molar-refractivity contribution >= 4 is 6.09 Å². The molecule has 1 amide bonds. The lowest BCUT2D eigenvalue weighted by Gasteiger charge is -2.21. The zero-order chi connectivity index (χ0) is 10.4. The van der Waals surface area contributed by atoms with Gasteiger partial charge in [-0.3, -0.25) is 5.43 Å². The van der Waals surface area contributed by atoms with E-state index in [2.05, 4.69) is 21.7 Å². The van der Waals surface area contributed by atoms with Gasteiger partial charge in [0, 0.05) is 0 Å². The van der Waals surface area contributed by atoms with E-state index in [1.54, 1.807) is 6.92 Å². The van der Waals surface area contributed by atoms with E-state index in [-0.39, 0.29) is 0 Å². The van der Waals surface area contributed by atoms with Gasteiger partial charge in [0.25, 0.3) is 0 Å². The fourth-order valence-electron chi connectivity index (χ4n) is 1.58. The molecule has 0 saturated heterocycles. The Hall–Kier alpha value is -1.28. The molecule has 0 bridgehead atoms. The second-order valence-electron chi connectivity index (χ2n) is 3.37. The SMILES string of the molecule is CCOC(=O)NNC1(C#N)CCCC1. The number of hydrazine groups is 1. The molecule has 5 heteroatoms. The minimum atomic E-state index is -0.591. The normalized spacial score (nSPS) is 18.6. The van der Waals surface area contributed by atoms with Gasteiger partial charge in [0.15, 0.2) is 0 Å². The van der Waals surface area contributed by atoms with Crippen LogP contribution in [0.1, 0.15) is 32.6 Å². The maximum atomic E-state index is 11.0. The van der Waals surface area contributed by atoms with Crippen LogP contribution in [0, 0.1) is 11.3 Å². The van der Waals surface area contributed by atoms with Crippen LogP contribution in [0.15, 0.2) is 0 Å². The molecule has 1 rings (SSSR count). The molecule has 0 atom stereocenters. The summed E-state index contributed by atoms with van der Waals surface area (Å²) in [4.78, 5) is 11.0. The van der Waals surface area contributed by atoms with Crippen LogP contribution in [0.2, 0.25) is 0 Å². The molecule has 78 valence electrons. The first-order valence-corrected chi connectivity index (χ1v) is 4.83. The van der Waals surface area contributed by atoms with Crippen molar-refractivity contribution in [1.82, 2.24) is 10.9 Å². The molecule has 1 saturated carbocycles. The summed E-state index contributed by atoms with van der Waals surface area (Å²) < 4.78 is 4.67.